The number of allylic oxidation sites excluding steroid dienone is 4. The molecule has 10 heteroatoms. The van der Waals surface area contributed by atoms with Gasteiger partial charge in [-0.2, -0.15) is 0 Å². The molecule has 0 spiro atoms. The van der Waals surface area contributed by atoms with Crippen molar-refractivity contribution in [3.8, 4) is 5.75 Å². The average Bonchev–Trinajstić information content (AvgIpc) is 3.39. The first kappa shape index (κ1) is 32.1. The lowest BCUT2D eigenvalue weighted by atomic mass is 9.44. The maximum Gasteiger partial charge on any atom is 0.488 e. The molecule has 0 bridgehead atoms. The molecule has 8 nitrogen and oxygen atoms in total. The monoisotopic (exact) mass is 683 g/mol. The third kappa shape index (κ3) is 4.68. The van der Waals surface area contributed by atoms with E-state index in [4.69, 9.17) is 11.6 Å². The van der Waals surface area contributed by atoms with Gasteiger partial charge in [0.1, 0.15) is 5.75 Å². The highest BCUT2D eigenvalue weighted by Crippen LogP contribution is 2.64. The summed E-state index contributed by atoms with van der Waals surface area (Å²) in [5.41, 5.74) is 1.39. The largest absolute Gasteiger partial charge is 0.508 e. The van der Waals surface area contributed by atoms with E-state index in [1.807, 2.05) is 42.5 Å². The van der Waals surface area contributed by atoms with Gasteiger partial charge in [0.15, 0.2) is 11.6 Å². The fraction of sp³-hybridized carbons (Fsp3) is 0.200. The van der Waals surface area contributed by atoms with E-state index in [9.17, 15) is 29.5 Å². The first-order valence-corrected chi connectivity index (χ1v) is 16.9. The zero-order chi connectivity index (χ0) is 34.9. The molecule has 2 amide bonds. The highest BCUT2D eigenvalue weighted by molar-refractivity contribution is 6.58. The number of halogens is 1. The number of carbonyl (C=O) groups excluding carboxylic acids is 4. The number of benzene rings is 4. The molecule has 2 fully saturated rings. The molecule has 0 radical (unpaired) electrons. The lowest BCUT2D eigenvalue weighted by Gasteiger charge is -2.55. The molecular weight excluding hydrogens is 653 g/mol. The molecule has 6 unspecified atom stereocenters. The van der Waals surface area contributed by atoms with Crippen LogP contribution in [0.25, 0.3) is 5.57 Å². The number of phenolic OH excluding ortho intramolecular Hbond substituents is 1. The van der Waals surface area contributed by atoms with Gasteiger partial charge in [-0.15, -0.1) is 0 Å². The third-order valence-electron chi connectivity index (χ3n) is 11.1. The van der Waals surface area contributed by atoms with Crippen LogP contribution in [0.5, 0.6) is 5.75 Å². The fourth-order valence-corrected chi connectivity index (χ4v) is 9.23. The molecule has 50 heavy (non-hydrogen) atoms. The highest BCUT2D eigenvalue weighted by atomic mass is 35.5. The second-order valence-electron chi connectivity index (χ2n) is 13.5. The van der Waals surface area contributed by atoms with E-state index in [1.54, 1.807) is 48.5 Å². The van der Waals surface area contributed by atoms with Gasteiger partial charge in [0.25, 0.3) is 0 Å². The van der Waals surface area contributed by atoms with Gasteiger partial charge in [-0.25, -0.2) is 0 Å². The Balaban J connectivity index is 1.35. The standard InChI is InChI=1S/C40H31BClNO7/c42-25-14-17-33(44)31(19-25)36-27-15-16-28-35(39(48)43(38(28)47)26-13-7-12-24(18-26)41(49)50)30(27)20-32-37(46)29(22-8-3-1-4-9-22)21-34(45)40(32,36)23-10-5-2-6-11-23/h1-15,17-19,21,28,30,32,35-36,44,49-50H,16,20H2. The Morgan fingerprint density at radius 2 is 1.52 bits per heavy atom. The average molecular weight is 684 g/mol. The maximum absolute atomic E-state index is 15.1. The molecule has 1 heterocycles. The molecule has 4 aromatic rings. The summed E-state index contributed by atoms with van der Waals surface area (Å²) in [6.45, 7) is 0. The second-order valence-corrected chi connectivity index (χ2v) is 13.9. The van der Waals surface area contributed by atoms with Gasteiger partial charge in [0, 0.05) is 28.0 Å². The van der Waals surface area contributed by atoms with Gasteiger partial charge < -0.3 is 15.2 Å². The van der Waals surface area contributed by atoms with E-state index in [0.29, 0.717) is 27.3 Å². The number of aromatic hydroxyl groups is 1. The number of ketones is 2. The summed E-state index contributed by atoms with van der Waals surface area (Å²) in [4.78, 5) is 59.7. The quantitative estimate of drug-likeness (QED) is 0.157. The Morgan fingerprint density at radius 1 is 0.800 bits per heavy atom. The van der Waals surface area contributed by atoms with Gasteiger partial charge in [-0.1, -0.05) is 96.0 Å². The van der Waals surface area contributed by atoms with Crippen LogP contribution in [0, 0.1) is 23.7 Å². The van der Waals surface area contributed by atoms with Crippen molar-refractivity contribution in [2.75, 3.05) is 4.90 Å². The van der Waals surface area contributed by atoms with E-state index in [0.717, 1.165) is 4.90 Å². The number of anilines is 1. The normalized spacial score (nSPS) is 27.3. The van der Waals surface area contributed by atoms with Crippen molar-refractivity contribution in [2.45, 2.75) is 24.2 Å². The fourth-order valence-electron chi connectivity index (χ4n) is 9.05. The number of amides is 2. The molecule has 0 aromatic heterocycles. The van der Waals surface area contributed by atoms with E-state index in [-0.39, 0.29) is 46.9 Å². The van der Waals surface area contributed by atoms with Crippen LogP contribution in [0.15, 0.2) is 121 Å². The topological polar surface area (TPSA) is 132 Å². The smallest absolute Gasteiger partial charge is 0.488 e. The molecule has 1 saturated heterocycles. The van der Waals surface area contributed by atoms with Crippen LogP contribution in [0.3, 0.4) is 0 Å². The minimum atomic E-state index is -1.80. The van der Waals surface area contributed by atoms with Gasteiger partial charge >= 0.3 is 7.12 Å². The molecule has 3 N–H and O–H groups in total. The van der Waals surface area contributed by atoms with Crippen LogP contribution < -0.4 is 10.4 Å². The summed E-state index contributed by atoms with van der Waals surface area (Å²) in [7, 11) is -1.80. The second kappa shape index (κ2) is 12.1. The molecule has 8 rings (SSSR count). The minimum absolute atomic E-state index is 0.106. The van der Waals surface area contributed by atoms with E-state index >= 15 is 4.79 Å². The van der Waals surface area contributed by atoms with E-state index in [2.05, 4.69) is 0 Å². The van der Waals surface area contributed by atoms with Crippen LogP contribution in [0.4, 0.5) is 5.69 Å². The third-order valence-corrected chi connectivity index (χ3v) is 11.3. The summed E-state index contributed by atoms with van der Waals surface area (Å²) in [5, 5.41) is 31.4. The first-order valence-electron chi connectivity index (χ1n) is 16.6. The number of rotatable bonds is 5. The number of imide groups is 1. The highest BCUT2D eigenvalue weighted by Gasteiger charge is 2.66. The van der Waals surface area contributed by atoms with Gasteiger partial charge in [0.2, 0.25) is 11.8 Å². The molecule has 4 aliphatic rings. The van der Waals surface area contributed by atoms with Crippen LogP contribution in [0.2, 0.25) is 5.02 Å². The number of Topliss-reactive ketones (excluding diaryl/α,β-unsaturated/α-hetero) is 1. The van der Waals surface area contributed by atoms with E-state index in [1.165, 1.54) is 24.3 Å². The molecular formula is C40H31BClNO7. The summed E-state index contributed by atoms with van der Waals surface area (Å²) >= 11 is 6.56. The minimum Gasteiger partial charge on any atom is -0.508 e. The number of phenols is 1. The van der Waals surface area contributed by atoms with Gasteiger partial charge in [-0.3, -0.25) is 24.1 Å². The number of fused-ring (bicyclic) bond motifs is 4. The summed E-state index contributed by atoms with van der Waals surface area (Å²) < 4.78 is 0. The first-order chi connectivity index (χ1) is 24.1. The number of carbonyl (C=O) groups is 4. The van der Waals surface area contributed by atoms with Crippen molar-refractivity contribution < 1.29 is 34.3 Å². The van der Waals surface area contributed by atoms with Crippen molar-refractivity contribution in [1.29, 1.82) is 0 Å². The number of hydrogen-bond donors (Lipinski definition) is 3. The lowest BCUT2D eigenvalue weighted by molar-refractivity contribution is -0.135. The molecule has 1 saturated carbocycles. The molecule has 3 aliphatic carbocycles. The molecule has 1 aliphatic heterocycles. The summed E-state index contributed by atoms with van der Waals surface area (Å²) in [6.07, 6.45) is 3.64. The van der Waals surface area contributed by atoms with Crippen molar-refractivity contribution in [1.82, 2.24) is 0 Å². The molecule has 6 atom stereocenters. The lowest BCUT2D eigenvalue weighted by Crippen LogP contribution is -2.58. The van der Waals surface area contributed by atoms with Crippen molar-refractivity contribution in [2.24, 2.45) is 23.7 Å². The number of hydrogen-bond acceptors (Lipinski definition) is 7. The predicted molar refractivity (Wildman–Crippen MR) is 188 cm³/mol. The van der Waals surface area contributed by atoms with Crippen molar-refractivity contribution in [3.05, 3.63) is 143 Å². The summed E-state index contributed by atoms with van der Waals surface area (Å²) in [6, 6.07) is 28.8. The van der Waals surface area contributed by atoms with Gasteiger partial charge in [0.05, 0.1) is 22.9 Å². The Bertz CT molecular complexity index is 2150. The zero-order valence-corrected chi connectivity index (χ0v) is 27.4. The van der Waals surface area contributed by atoms with Crippen molar-refractivity contribution >= 4 is 58.8 Å². The Kier molecular flexibility index (Phi) is 7.75. The maximum atomic E-state index is 15.1. The summed E-state index contributed by atoms with van der Waals surface area (Å²) in [5.74, 6) is -5.66. The van der Waals surface area contributed by atoms with Crippen LogP contribution >= 0.6 is 11.6 Å². The van der Waals surface area contributed by atoms with Crippen LogP contribution in [0.1, 0.15) is 35.4 Å². The predicted octanol–water partition coefficient (Wildman–Crippen LogP) is 4.75. The number of nitrogens with zero attached hydrogens (tertiary/aromatic N) is 1. The van der Waals surface area contributed by atoms with Gasteiger partial charge in [-0.05, 0) is 71.8 Å². The van der Waals surface area contributed by atoms with Crippen LogP contribution in [-0.4, -0.2) is 45.7 Å². The van der Waals surface area contributed by atoms with Crippen LogP contribution in [-0.2, 0) is 24.6 Å². The van der Waals surface area contributed by atoms with E-state index < -0.39 is 53.9 Å². The Hall–Kier alpha value is -5.09. The molecule has 4 aromatic carbocycles. The van der Waals surface area contributed by atoms with Crippen molar-refractivity contribution in [3.63, 3.8) is 0 Å². The SMILES string of the molecule is O=C1C(c2ccccc2)=CC(=O)C2(c3ccccc3)C1CC1C(=CCC3C(=O)N(c4cccc(B(O)O)c4)C(=O)C31)C2c1cc(Cl)ccc1O. The zero-order valence-electron chi connectivity index (χ0n) is 26.6. The molecule has 248 valence electrons. The Morgan fingerprint density at radius 3 is 2.24 bits per heavy atom. The Labute approximate surface area is 293 Å².